The second-order valence-corrected chi connectivity index (χ2v) is 6.49. The van der Waals surface area contributed by atoms with Gasteiger partial charge in [0.2, 0.25) is 5.91 Å². The fraction of sp³-hybridized carbons (Fsp3) is 0.471. The van der Waals surface area contributed by atoms with Gasteiger partial charge in [0.25, 0.3) is 5.56 Å². The highest BCUT2D eigenvalue weighted by atomic mass is 16.3. The van der Waals surface area contributed by atoms with Gasteiger partial charge >= 0.3 is 0 Å². The van der Waals surface area contributed by atoms with E-state index in [-0.39, 0.29) is 24.4 Å². The maximum atomic E-state index is 12.6. The van der Waals surface area contributed by atoms with Crippen LogP contribution >= 0.6 is 0 Å². The Morgan fingerprint density at radius 1 is 1.33 bits per heavy atom. The Morgan fingerprint density at radius 2 is 2.12 bits per heavy atom. The quantitative estimate of drug-likeness (QED) is 0.793. The van der Waals surface area contributed by atoms with Crippen LogP contribution in [0.1, 0.15) is 37.3 Å². The van der Waals surface area contributed by atoms with Gasteiger partial charge in [-0.3, -0.25) is 14.0 Å². The SMILES string of the molecule is Cc1cc2c(cc3c(=O)n(CCC(=O)NC4CCC4)nc(C)n32)o1. The summed E-state index contributed by atoms with van der Waals surface area (Å²) in [6, 6.07) is 3.95. The Kier molecular flexibility index (Phi) is 3.44. The van der Waals surface area contributed by atoms with E-state index in [9.17, 15) is 9.59 Å². The highest BCUT2D eigenvalue weighted by Crippen LogP contribution is 2.22. The standard InChI is InChI=1S/C17H20N4O3/c1-10-8-13-15(24-10)9-14-17(23)20(19-11(2)21(13)14)7-6-16(22)18-12-4-3-5-12/h8-9,12H,3-7H2,1-2H3,(H,18,22). The molecule has 1 fully saturated rings. The highest BCUT2D eigenvalue weighted by molar-refractivity contribution is 5.83. The summed E-state index contributed by atoms with van der Waals surface area (Å²) in [6.07, 6.45) is 3.54. The molecule has 1 aliphatic carbocycles. The number of carbonyl (C=O) groups excluding carboxylic acids is 1. The summed E-state index contributed by atoms with van der Waals surface area (Å²) in [7, 11) is 0. The maximum absolute atomic E-state index is 12.6. The third kappa shape index (κ3) is 2.40. The van der Waals surface area contributed by atoms with E-state index in [2.05, 4.69) is 10.4 Å². The first-order valence-corrected chi connectivity index (χ1v) is 8.31. The number of furan rings is 1. The lowest BCUT2D eigenvalue weighted by Crippen LogP contribution is -2.40. The van der Waals surface area contributed by atoms with Crippen molar-refractivity contribution >= 4 is 22.5 Å². The molecule has 3 aromatic heterocycles. The summed E-state index contributed by atoms with van der Waals surface area (Å²) < 4.78 is 8.78. The van der Waals surface area contributed by atoms with Crippen molar-refractivity contribution < 1.29 is 9.21 Å². The van der Waals surface area contributed by atoms with Gasteiger partial charge in [0.1, 0.15) is 17.1 Å². The van der Waals surface area contributed by atoms with Gasteiger partial charge in [0.05, 0.1) is 12.1 Å². The third-order valence-electron chi connectivity index (χ3n) is 4.68. The lowest BCUT2D eigenvalue weighted by atomic mass is 9.93. The van der Waals surface area contributed by atoms with Crippen LogP contribution in [0.4, 0.5) is 0 Å². The molecular weight excluding hydrogens is 308 g/mol. The summed E-state index contributed by atoms with van der Waals surface area (Å²) in [5.41, 5.74) is 1.84. The van der Waals surface area contributed by atoms with Gasteiger partial charge in [0.15, 0.2) is 5.58 Å². The second kappa shape index (κ2) is 5.51. The molecule has 0 aromatic carbocycles. The number of nitrogens with zero attached hydrogens (tertiary/aromatic N) is 3. The van der Waals surface area contributed by atoms with Crippen LogP contribution in [0.2, 0.25) is 0 Å². The maximum Gasteiger partial charge on any atom is 0.291 e. The molecule has 0 spiro atoms. The normalized spacial score (nSPS) is 15.1. The van der Waals surface area contributed by atoms with Gasteiger partial charge in [-0.15, -0.1) is 0 Å². The molecular formula is C17H20N4O3. The van der Waals surface area contributed by atoms with E-state index in [0.717, 1.165) is 24.1 Å². The van der Waals surface area contributed by atoms with Crippen molar-refractivity contribution in [1.29, 1.82) is 0 Å². The molecule has 4 rings (SSSR count). The number of hydrogen-bond acceptors (Lipinski definition) is 4. The van der Waals surface area contributed by atoms with Gasteiger partial charge in [-0.1, -0.05) is 0 Å². The monoisotopic (exact) mass is 328 g/mol. The molecule has 0 unspecified atom stereocenters. The van der Waals surface area contributed by atoms with Crippen molar-refractivity contribution in [2.24, 2.45) is 0 Å². The van der Waals surface area contributed by atoms with Gasteiger partial charge in [0, 0.05) is 24.6 Å². The number of fused-ring (bicyclic) bond motifs is 3. The van der Waals surface area contributed by atoms with Crippen molar-refractivity contribution in [2.75, 3.05) is 0 Å². The van der Waals surface area contributed by atoms with Crippen LogP contribution in [0.3, 0.4) is 0 Å². The molecule has 3 heterocycles. The van der Waals surface area contributed by atoms with E-state index in [1.807, 2.05) is 19.9 Å². The number of nitrogens with one attached hydrogen (secondary N) is 1. The molecule has 0 saturated heterocycles. The smallest absolute Gasteiger partial charge is 0.291 e. The van der Waals surface area contributed by atoms with Crippen molar-refractivity contribution in [3.05, 3.63) is 34.1 Å². The van der Waals surface area contributed by atoms with Crippen molar-refractivity contribution in [3.63, 3.8) is 0 Å². The zero-order chi connectivity index (χ0) is 16.8. The van der Waals surface area contributed by atoms with Crippen LogP contribution in [0.15, 0.2) is 21.3 Å². The predicted molar refractivity (Wildman–Crippen MR) is 89.1 cm³/mol. The summed E-state index contributed by atoms with van der Waals surface area (Å²) in [4.78, 5) is 24.6. The van der Waals surface area contributed by atoms with Gasteiger partial charge in [-0.25, -0.2) is 4.68 Å². The second-order valence-electron chi connectivity index (χ2n) is 6.49. The van der Waals surface area contributed by atoms with E-state index in [0.29, 0.717) is 23.0 Å². The minimum Gasteiger partial charge on any atom is -0.460 e. The number of aryl methyl sites for hydroxylation is 3. The highest BCUT2D eigenvalue weighted by Gasteiger charge is 2.20. The van der Waals surface area contributed by atoms with Crippen LogP contribution in [-0.2, 0) is 11.3 Å². The molecule has 0 radical (unpaired) electrons. The average Bonchev–Trinajstić information content (AvgIpc) is 3.01. The molecule has 1 amide bonds. The fourth-order valence-electron chi connectivity index (χ4n) is 3.23. The summed E-state index contributed by atoms with van der Waals surface area (Å²) in [5.74, 6) is 1.47. The van der Waals surface area contributed by atoms with Crippen LogP contribution in [0, 0.1) is 13.8 Å². The molecule has 0 aliphatic heterocycles. The Labute approximate surface area is 138 Å². The summed E-state index contributed by atoms with van der Waals surface area (Å²) >= 11 is 0. The van der Waals surface area contributed by atoms with Crippen molar-refractivity contribution in [3.8, 4) is 0 Å². The Balaban J connectivity index is 1.62. The van der Waals surface area contributed by atoms with Crippen LogP contribution < -0.4 is 10.9 Å². The lowest BCUT2D eigenvalue weighted by molar-refractivity contribution is -0.122. The molecule has 0 bridgehead atoms. The Bertz CT molecular complexity index is 991. The number of rotatable bonds is 4. The van der Waals surface area contributed by atoms with E-state index in [4.69, 9.17) is 4.42 Å². The molecule has 7 heteroatoms. The zero-order valence-corrected chi connectivity index (χ0v) is 13.8. The van der Waals surface area contributed by atoms with E-state index in [1.54, 1.807) is 10.5 Å². The molecule has 7 nitrogen and oxygen atoms in total. The van der Waals surface area contributed by atoms with Gasteiger partial charge in [-0.2, -0.15) is 5.10 Å². The molecule has 0 atom stereocenters. The van der Waals surface area contributed by atoms with Gasteiger partial charge < -0.3 is 9.73 Å². The number of carbonyl (C=O) groups is 1. The summed E-state index contributed by atoms with van der Waals surface area (Å²) in [6.45, 7) is 4.00. The molecule has 3 aromatic rings. The van der Waals surface area contributed by atoms with Gasteiger partial charge in [-0.05, 0) is 33.1 Å². The first kappa shape index (κ1) is 15.0. The largest absolute Gasteiger partial charge is 0.460 e. The molecule has 24 heavy (non-hydrogen) atoms. The molecule has 1 N–H and O–H groups in total. The topological polar surface area (TPSA) is 81.5 Å². The predicted octanol–water partition coefficient (Wildman–Crippen LogP) is 1.92. The number of aromatic nitrogens is 3. The summed E-state index contributed by atoms with van der Waals surface area (Å²) in [5, 5.41) is 7.34. The van der Waals surface area contributed by atoms with Crippen molar-refractivity contribution in [2.45, 2.75) is 52.1 Å². The van der Waals surface area contributed by atoms with Crippen LogP contribution in [0.25, 0.3) is 16.6 Å². The number of amides is 1. The third-order valence-corrected chi connectivity index (χ3v) is 4.68. The van der Waals surface area contributed by atoms with E-state index < -0.39 is 0 Å². The van der Waals surface area contributed by atoms with Crippen LogP contribution in [0.5, 0.6) is 0 Å². The minimum absolute atomic E-state index is 0.0225. The molecule has 1 aliphatic rings. The average molecular weight is 328 g/mol. The lowest BCUT2D eigenvalue weighted by Gasteiger charge is -2.26. The van der Waals surface area contributed by atoms with Crippen molar-refractivity contribution in [1.82, 2.24) is 19.5 Å². The Morgan fingerprint density at radius 3 is 2.83 bits per heavy atom. The first-order chi connectivity index (χ1) is 11.5. The van der Waals surface area contributed by atoms with E-state index in [1.165, 1.54) is 11.1 Å². The minimum atomic E-state index is -0.207. The van der Waals surface area contributed by atoms with E-state index >= 15 is 0 Å². The van der Waals surface area contributed by atoms with Crippen LogP contribution in [-0.4, -0.2) is 26.1 Å². The fourth-order valence-corrected chi connectivity index (χ4v) is 3.23. The first-order valence-electron chi connectivity index (χ1n) is 8.31. The molecule has 126 valence electrons. The number of hydrogen-bond donors (Lipinski definition) is 1. The molecule has 1 saturated carbocycles. The zero-order valence-electron chi connectivity index (χ0n) is 13.8. The Hall–Kier alpha value is -2.57.